The molecule has 198 valence electrons. The molecule has 9 nitrogen and oxygen atoms in total. The number of sulfonamides is 1. The standard InChI is InChI=1S/C28H33N7O2S/c1-32(38(2,36)37)26-8-4-3-7-22(26)18-34-16-13-21-17-29-28(31-27(21)34)30-23-9-11-24(12-10-23)35-19-25(20-35)33-14-5-6-15-33/h3-4,7-13,16-17,25H,5-6,14-15,18-20H2,1-2H3,(H,29,30,31). The van der Waals surface area contributed by atoms with Crippen molar-refractivity contribution < 1.29 is 8.42 Å². The highest BCUT2D eigenvalue weighted by Gasteiger charge is 2.33. The minimum Gasteiger partial charge on any atom is -0.368 e. The molecule has 38 heavy (non-hydrogen) atoms. The molecule has 0 bridgehead atoms. The first-order valence-electron chi connectivity index (χ1n) is 13.0. The zero-order valence-corrected chi connectivity index (χ0v) is 22.6. The first-order valence-corrected chi connectivity index (χ1v) is 14.9. The molecule has 0 aliphatic carbocycles. The van der Waals surface area contributed by atoms with Crippen LogP contribution in [-0.2, 0) is 16.6 Å². The summed E-state index contributed by atoms with van der Waals surface area (Å²) in [5.74, 6) is 0.518. The Balaban J connectivity index is 1.16. The van der Waals surface area contributed by atoms with Gasteiger partial charge in [-0.1, -0.05) is 18.2 Å². The number of para-hydroxylation sites is 1. The van der Waals surface area contributed by atoms with E-state index >= 15 is 0 Å². The Morgan fingerprint density at radius 3 is 2.50 bits per heavy atom. The van der Waals surface area contributed by atoms with Gasteiger partial charge in [0.1, 0.15) is 5.65 Å². The van der Waals surface area contributed by atoms with Gasteiger partial charge in [0.05, 0.1) is 18.5 Å². The quantitative estimate of drug-likeness (QED) is 0.369. The summed E-state index contributed by atoms with van der Waals surface area (Å²) in [6, 6.07) is 18.6. The Morgan fingerprint density at radius 1 is 1.03 bits per heavy atom. The summed E-state index contributed by atoms with van der Waals surface area (Å²) < 4.78 is 27.6. The summed E-state index contributed by atoms with van der Waals surface area (Å²) in [6.45, 7) is 5.19. The predicted octanol–water partition coefficient (Wildman–Crippen LogP) is 3.90. The van der Waals surface area contributed by atoms with Gasteiger partial charge in [0.15, 0.2) is 0 Å². The summed E-state index contributed by atoms with van der Waals surface area (Å²) in [5.41, 5.74) is 4.50. The number of rotatable bonds is 8. The van der Waals surface area contributed by atoms with Crippen LogP contribution in [0.2, 0.25) is 0 Å². The van der Waals surface area contributed by atoms with Crippen LogP contribution < -0.4 is 14.5 Å². The SMILES string of the molecule is CN(c1ccccc1Cn1ccc2cnc(Nc3ccc(N4CC(N5CCCC5)C4)cc3)nc21)S(C)(=O)=O. The average Bonchev–Trinajstić information content (AvgIpc) is 3.54. The van der Waals surface area contributed by atoms with Gasteiger partial charge in [0.2, 0.25) is 16.0 Å². The molecule has 4 aromatic rings. The van der Waals surface area contributed by atoms with E-state index in [0.717, 1.165) is 35.4 Å². The van der Waals surface area contributed by atoms with Crippen LogP contribution in [0.4, 0.5) is 23.0 Å². The highest BCUT2D eigenvalue weighted by molar-refractivity contribution is 7.92. The van der Waals surface area contributed by atoms with Crippen LogP contribution in [0.15, 0.2) is 67.0 Å². The third-order valence-corrected chi connectivity index (χ3v) is 8.87. The van der Waals surface area contributed by atoms with E-state index in [-0.39, 0.29) is 0 Å². The van der Waals surface area contributed by atoms with Crippen LogP contribution in [0.5, 0.6) is 0 Å². The van der Waals surface area contributed by atoms with Gasteiger partial charge < -0.3 is 14.8 Å². The van der Waals surface area contributed by atoms with Crippen LogP contribution in [0, 0.1) is 0 Å². The number of likely N-dealkylation sites (tertiary alicyclic amines) is 1. The van der Waals surface area contributed by atoms with Crippen molar-refractivity contribution in [2.75, 3.05) is 54.0 Å². The number of hydrogen-bond donors (Lipinski definition) is 1. The smallest absolute Gasteiger partial charge is 0.232 e. The number of fused-ring (bicyclic) bond motifs is 1. The van der Waals surface area contributed by atoms with Crippen molar-refractivity contribution in [2.24, 2.45) is 0 Å². The number of nitrogens with zero attached hydrogens (tertiary/aromatic N) is 6. The molecule has 0 unspecified atom stereocenters. The summed E-state index contributed by atoms with van der Waals surface area (Å²) in [5, 5.41) is 4.25. The minimum absolute atomic E-state index is 0.485. The molecular weight excluding hydrogens is 498 g/mol. The molecule has 2 fully saturated rings. The van der Waals surface area contributed by atoms with E-state index in [2.05, 4.69) is 44.4 Å². The number of nitrogens with one attached hydrogen (secondary N) is 1. The first-order chi connectivity index (χ1) is 18.3. The van der Waals surface area contributed by atoms with E-state index in [9.17, 15) is 8.42 Å². The summed E-state index contributed by atoms with van der Waals surface area (Å²) >= 11 is 0. The molecule has 2 aromatic heterocycles. The van der Waals surface area contributed by atoms with Gasteiger partial charge in [-0.15, -0.1) is 0 Å². The second-order valence-corrected chi connectivity index (χ2v) is 12.3. The zero-order chi connectivity index (χ0) is 26.3. The van der Waals surface area contributed by atoms with Crippen LogP contribution >= 0.6 is 0 Å². The van der Waals surface area contributed by atoms with Crippen molar-refractivity contribution in [1.82, 2.24) is 19.4 Å². The summed E-state index contributed by atoms with van der Waals surface area (Å²) in [6.07, 6.45) is 7.65. The lowest BCUT2D eigenvalue weighted by atomic mass is 10.1. The van der Waals surface area contributed by atoms with Gasteiger partial charge in [0, 0.05) is 55.3 Å². The largest absolute Gasteiger partial charge is 0.368 e. The second-order valence-electron chi connectivity index (χ2n) is 10.2. The van der Waals surface area contributed by atoms with E-state index in [1.165, 1.54) is 42.2 Å². The van der Waals surface area contributed by atoms with Gasteiger partial charge in [-0.2, -0.15) is 4.98 Å². The molecule has 2 aliphatic rings. The number of benzene rings is 2. The molecule has 2 saturated heterocycles. The molecule has 2 aliphatic heterocycles. The fraction of sp³-hybridized carbons (Fsp3) is 0.357. The minimum atomic E-state index is -3.37. The van der Waals surface area contributed by atoms with Crippen LogP contribution in [0.25, 0.3) is 11.0 Å². The maximum Gasteiger partial charge on any atom is 0.232 e. The van der Waals surface area contributed by atoms with Gasteiger partial charge in [-0.3, -0.25) is 9.21 Å². The van der Waals surface area contributed by atoms with E-state index in [4.69, 9.17) is 4.98 Å². The predicted molar refractivity (Wildman–Crippen MR) is 153 cm³/mol. The molecule has 0 amide bonds. The van der Waals surface area contributed by atoms with Crippen molar-refractivity contribution in [3.63, 3.8) is 0 Å². The van der Waals surface area contributed by atoms with Crippen molar-refractivity contribution in [3.8, 4) is 0 Å². The lowest BCUT2D eigenvalue weighted by Crippen LogP contribution is -2.58. The lowest BCUT2D eigenvalue weighted by molar-refractivity contribution is 0.205. The number of aromatic nitrogens is 3. The number of anilines is 4. The van der Waals surface area contributed by atoms with Crippen molar-refractivity contribution >= 4 is 44.1 Å². The molecule has 0 saturated carbocycles. The molecular formula is C28H33N7O2S. The van der Waals surface area contributed by atoms with Crippen LogP contribution in [0.1, 0.15) is 18.4 Å². The zero-order valence-electron chi connectivity index (χ0n) is 21.8. The molecule has 0 atom stereocenters. The van der Waals surface area contributed by atoms with Gasteiger partial charge >= 0.3 is 0 Å². The molecule has 1 N–H and O–H groups in total. The molecule has 0 spiro atoms. The highest BCUT2D eigenvalue weighted by atomic mass is 32.2. The van der Waals surface area contributed by atoms with Gasteiger partial charge in [0.25, 0.3) is 0 Å². The molecule has 6 rings (SSSR count). The van der Waals surface area contributed by atoms with Gasteiger partial charge in [-0.25, -0.2) is 13.4 Å². The molecule has 2 aromatic carbocycles. The Bertz CT molecular complexity index is 1540. The van der Waals surface area contributed by atoms with E-state index in [1.807, 2.05) is 47.3 Å². The van der Waals surface area contributed by atoms with Crippen molar-refractivity contribution in [3.05, 3.63) is 72.6 Å². The van der Waals surface area contributed by atoms with Crippen molar-refractivity contribution in [2.45, 2.75) is 25.4 Å². The summed E-state index contributed by atoms with van der Waals surface area (Å²) in [4.78, 5) is 14.3. The molecule has 0 radical (unpaired) electrons. The normalized spacial score (nSPS) is 16.6. The first kappa shape index (κ1) is 24.7. The number of hydrogen-bond acceptors (Lipinski definition) is 7. The maximum atomic E-state index is 12.2. The Labute approximate surface area is 223 Å². The highest BCUT2D eigenvalue weighted by Crippen LogP contribution is 2.28. The van der Waals surface area contributed by atoms with Crippen LogP contribution in [-0.4, -0.2) is 73.4 Å². The Kier molecular flexibility index (Phi) is 6.45. The van der Waals surface area contributed by atoms with E-state index < -0.39 is 10.0 Å². The Hall–Kier alpha value is -3.63. The van der Waals surface area contributed by atoms with Crippen LogP contribution in [0.3, 0.4) is 0 Å². The lowest BCUT2D eigenvalue weighted by Gasteiger charge is -2.45. The Morgan fingerprint density at radius 2 is 1.76 bits per heavy atom. The topological polar surface area (TPSA) is 86.6 Å². The molecule has 4 heterocycles. The summed E-state index contributed by atoms with van der Waals surface area (Å²) in [7, 11) is -1.80. The second kappa shape index (κ2) is 9.92. The van der Waals surface area contributed by atoms with E-state index in [0.29, 0.717) is 24.2 Å². The van der Waals surface area contributed by atoms with E-state index in [1.54, 1.807) is 7.05 Å². The maximum absolute atomic E-state index is 12.2. The van der Waals surface area contributed by atoms with Gasteiger partial charge in [-0.05, 0) is 67.9 Å². The fourth-order valence-corrected chi connectivity index (χ4v) is 5.90. The monoisotopic (exact) mass is 531 g/mol. The third kappa shape index (κ3) is 4.93. The van der Waals surface area contributed by atoms with Crippen molar-refractivity contribution in [1.29, 1.82) is 0 Å². The fourth-order valence-electron chi connectivity index (χ4n) is 5.36. The average molecular weight is 532 g/mol. The third-order valence-electron chi connectivity index (χ3n) is 7.68. The molecule has 10 heteroatoms.